The van der Waals surface area contributed by atoms with Crippen LogP contribution in [0.15, 0.2) is 36.4 Å². The zero-order chi connectivity index (χ0) is 15.4. The highest BCUT2D eigenvalue weighted by Gasteiger charge is 2.18. The van der Waals surface area contributed by atoms with Gasteiger partial charge in [0.05, 0.1) is 13.2 Å². The SMILES string of the molecule is COc1c(C(Cc2cccc(F)c2)NN)ccc(C)c1C. The van der Waals surface area contributed by atoms with Gasteiger partial charge in [0.1, 0.15) is 11.6 Å². The van der Waals surface area contributed by atoms with E-state index in [9.17, 15) is 4.39 Å². The van der Waals surface area contributed by atoms with E-state index in [1.807, 2.05) is 32.0 Å². The summed E-state index contributed by atoms with van der Waals surface area (Å²) in [5.41, 5.74) is 6.93. The van der Waals surface area contributed by atoms with Crippen LogP contribution < -0.4 is 16.0 Å². The number of rotatable bonds is 5. The lowest BCUT2D eigenvalue weighted by Crippen LogP contribution is -2.30. The lowest BCUT2D eigenvalue weighted by molar-refractivity contribution is 0.395. The van der Waals surface area contributed by atoms with Crippen molar-refractivity contribution in [1.82, 2.24) is 5.43 Å². The summed E-state index contributed by atoms with van der Waals surface area (Å²) < 4.78 is 18.8. The minimum absolute atomic E-state index is 0.138. The third kappa shape index (κ3) is 3.40. The van der Waals surface area contributed by atoms with Crippen LogP contribution in [0.2, 0.25) is 0 Å². The number of benzene rings is 2. The summed E-state index contributed by atoms with van der Waals surface area (Å²) in [5.74, 6) is 6.29. The minimum Gasteiger partial charge on any atom is -0.496 e. The smallest absolute Gasteiger partial charge is 0.126 e. The van der Waals surface area contributed by atoms with Crippen molar-refractivity contribution in [3.63, 3.8) is 0 Å². The van der Waals surface area contributed by atoms with Gasteiger partial charge < -0.3 is 4.74 Å². The fraction of sp³-hybridized carbons (Fsp3) is 0.294. The van der Waals surface area contributed by atoms with Crippen LogP contribution in [-0.2, 0) is 6.42 Å². The second kappa shape index (κ2) is 6.70. The number of nitrogens with one attached hydrogen (secondary N) is 1. The predicted octanol–water partition coefficient (Wildman–Crippen LogP) is 3.20. The lowest BCUT2D eigenvalue weighted by atomic mass is 9.95. The molecule has 1 atom stereocenters. The molecule has 0 bridgehead atoms. The summed E-state index contributed by atoms with van der Waals surface area (Å²) in [6, 6.07) is 10.5. The van der Waals surface area contributed by atoms with Crippen molar-refractivity contribution in [2.75, 3.05) is 7.11 Å². The average molecular weight is 288 g/mol. The van der Waals surface area contributed by atoms with Gasteiger partial charge in [-0.3, -0.25) is 11.3 Å². The standard InChI is InChI=1S/C17H21FN2O/c1-11-7-8-15(17(21-3)12(11)2)16(20-19)10-13-5-4-6-14(18)9-13/h4-9,16,20H,10,19H2,1-3H3. The molecule has 0 fully saturated rings. The number of nitrogens with two attached hydrogens (primary N) is 1. The van der Waals surface area contributed by atoms with E-state index in [0.717, 1.165) is 28.0 Å². The highest BCUT2D eigenvalue weighted by molar-refractivity contribution is 5.47. The van der Waals surface area contributed by atoms with Gasteiger partial charge >= 0.3 is 0 Å². The Kier molecular flexibility index (Phi) is 4.94. The fourth-order valence-corrected chi connectivity index (χ4v) is 2.51. The van der Waals surface area contributed by atoms with E-state index in [1.165, 1.54) is 12.1 Å². The molecule has 0 saturated heterocycles. The van der Waals surface area contributed by atoms with Gasteiger partial charge in [0.15, 0.2) is 0 Å². The Morgan fingerprint density at radius 3 is 2.62 bits per heavy atom. The maximum absolute atomic E-state index is 13.3. The monoisotopic (exact) mass is 288 g/mol. The van der Waals surface area contributed by atoms with Crippen LogP contribution in [0.5, 0.6) is 5.75 Å². The van der Waals surface area contributed by atoms with Gasteiger partial charge in [0.25, 0.3) is 0 Å². The molecule has 0 spiro atoms. The summed E-state index contributed by atoms with van der Waals surface area (Å²) in [4.78, 5) is 0. The molecule has 112 valence electrons. The number of ether oxygens (including phenoxy) is 1. The minimum atomic E-state index is -0.240. The van der Waals surface area contributed by atoms with Crippen molar-refractivity contribution in [3.8, 4) is 5.75 Å². The van der Waals surface area contributed by atoms with Crippen LogP contribution >= 0.6 is 0 Å². The van der Waals surface area contributed by atoms with E-state index in [4.69, 9.17) is 10.6 Å². The first-order chi connectivity index (χ1) is 10.1. The molecule has 0 aromatic heterocycles. The van der Waals surface area contributed by atoms with Crippen molar-refractivity contribution in [2.45, 2.75) is 26.3 Å². The van der Waals surface area contributed by atoms with Gasteiger partial charge in [-0.1, -0.05) is 24.3 Å². The van der Waals surface area contributed by atoms with Crippen LogP contribution in [0.4, 0.5) is 4.39 Å². The molecule has 3 nitrogen and oxygen atoms in total. The summed E-state index contributed by atoms with van der Waals surface area (Å²) in [7, 11) is 1.65. The third-order valence-electron chi connectivity index (χ3n) is 3.82. The van der Waals surface area contributed by atoms with Crippen molar-refractivity contribution in [3.05, 3.63) is 64.5 Å². The van der Waals surface area contributed by atoms with E-state index < -0.39 is 0 Å². The fourth-order valence-electron chi connectivity index (χ4n) is 2.51. The first kappa shape index (κ1) is 15.5. The normalized spacial score (nSPS) is 12.2. The van der Waals surface area contributed by atoms with E-state index in [0.29, 0.717) is 6.42 Å². The molecule has 4 heteroatoms. The van der Waals surface area contributed by atoms with E-state index >= 15 is 0 Å². The van der Waals surface area contributed by atoms with Crippen molar-refractivity contribution in [1.29, 1.82) is 0 Å². The van der Waals surface area contributed by atoms with E-state index in [-0.39, 0.29) is 11.9 Å². The molecule has 1 unspecified atom stereocenters. The Labute approximate surface area is 124 Å². The molecule has 2 aromatic carbocycles. The van der Waals surface area contributed by atoms with E-state index in [1.54, 1.807) is 13.2 Å². The van der Waals surface area contributed by atoms with Gasteiger partial charge in [0, 0.05) is 5.56 Å². The summed E-state index contributed by atoms with van der Waals surface area (Å²) in [6.07, 6.45) is 0.590. The highest BCUT2D eigenvalue weighted by atomic mass is 19.1. The molecule has 2 aromatic rings. The first-order valence-corrected chi connectivity index (χ1v) is 6.91. The molecular weight excluding hydrogens is 267 g/mol. The number of hydrogen-bond acceptors (Lipinski definition) is 3. The summed E-state index contributed by atoms with van der Waals surface area (Å²) >= 11 is 0. The quantitative estimate of drug-likeness (QED) is 0.656. The van der Waals surface area contributed by atoms with Crippen molar-refractivity contribution >= 4 is 0 Å². The zero-order valence-corrected chi connectivity index (χ0v) is 12.6. The summed E-state index contributed by atoms with van der Waals surface area (Å²) in [5, 5.41) is 0. The third-order valence-corrected chi connectivity index (χ3v) is 3.82. The summed E-state index contributed by atoms with van der Waals surface area (Å²) in [6.45, 7) is 4.06. The largest absolute Gasteiger partial charge is 0.496 e. The van der Waals surface area contributed by atoms with Crippen LogP contribution in [-0.4, -0.2) is 7.11 Å². The number of hydrazine groups is 1. The van der Waals surface area contributed by atoms with Crippen molar-refractivity contribution < 1.29 is 9.13 Å². The van der Waals surface area contributed by atoms with Crippen LogP contribution in [0, 0.1) is 19.7 Å². The van der Waals surface area contributed by atoms with Crippen LogP contribution in [0.1, 0.15) is 28.3 Å². The average Bonchev–Trinajstić information content (AvgIpc) is 2.48. The molecule has 0 radical (unpaired) electrons. The van der Waals surface area contributed by atoms with Gasteiger partial charge in [-0.05, 0) is 49.1 Å². The van der Waals surface area contributed by atoms with Gasteiger partial charge in [-0.25, -0.2) is 4.39 Å². The van der Waals surface area contributed by atoms with Crippen molar-refractivity contribution in [2.24, 2.45) is 5.84 Å². The van der Waals surface area contributed by atoms with Gasteiger partial charge in [-0.15, -0.1) is 0 Å². The Bertz CT molecular complexity index is 628. The molecule has 3 N–H and O–H groups in total. The Balaban J connectivity index is 2.36. The number of halogens is 1. The number of hydrogen-bond donors (Lipinski definition) is 2. The Morgan fingerprint density at radius 2 is 2.00 bits per heavy atom. The molecule has 2 rings (SSSR count). The lowest BCUT2D eigenvalue weighted by Gasteiger charge is -2.21. The maximum atomic E-state index is 13.3. The Morgan fingerprint density at radius 1 is 1.24 bits per heavy atom. The first-order valence-electron chi connectivity index (χ1n) is 6.91. The van der Waals surface area contributed by atoms with Gasteiger partial charge in [-0.2, -0.15) is 0 Å². The molecule has 0 aliphatic carbocycles. The molecule has 0 amide bonds. The number of aryl methyl sites for hydroxylation is 1. The molecule has 21 heavy (non-hydrogen) atoms. The second-order valence-corrected chi connectivity index (χ2v) is 5.18. The van der Waals surface area contributed by atoms with Crippen LogP contribution in [0.25, 0.3) is 0 Å². The maximum Gasteiger partial charge on any atom is 0.126 e. The highest BCUT2D eigenvalue weighted by Crippen LogP contribution is 2.32. The van der Waals surface area contributed by atoms with Crippen LogP contribution in [0.3, 0.4) is 0 Å². The molecular formula is C17H21FN2O. The van der Waals surface area contributed by atoms with E-state index in [2.05, 4.69) is 5.43 Å². The molecule has 0 aliphatic rings. The zero-order valence-electron chi connectivity index (χ0n) is 12.6. The Hall–Kier alpha value is -1.91. The molecule has 0 heterocycles. The molecule has 0 saturated carbocycles. The predicted molar refractivity (Wildman–Crippen MR) is 82.6 cm³/mol. The van der Waals surface area contributed by atoms with Gasteiger partial charge in [0.2, 0.25) is 0 Å². The number of methoxy groups -OCH3 is 1. The topological polar surface area (TPSA) is 47.3 Å². The molecule has 0 aliphatic heterocycles. The second-order valence-electron chi connectivity index (χ2n) is 5.18.